The molecule has 0 saturated carbocycles. The van der Waals surface area contributed by atoms with Gasteiger partial charge in [-0.3, -0.25) is 0 Å². The van der Waals surface area contributed by atoms with Crippen molar-refractivity contribution < 1.29 is 35.0 Å². The van der Waals surface area contributed by atoms with Crippen molar-refractivity contribution >= 4 is 10.8 Å². The second-order valence-corrected chi connectivity index (χ2v) is 5.92. The summed E-state index contributed by atoms with van der Waals surface area (Å²) < 4.78 is 19.0. The average molecular weight is 395 g/mol. The van der Waals surface area contributed by atoms with Crippen LogP contribution in [-0.2, 0) is 26.2 Å². The van der Waals surface area contributed by atoms with E-state index in [0.717, 1.165) is 28.2 Å². The third kappa shape index (κ3) is 2.94. The van der Waals surface area contributed by atoms with Gasteiger partial charge in [0, 0.05) is 26.2 Å². The molecule has 1 heterocycles. The van der Waals surface area contributed by atoms with Gasteiger partial charge in [0.15, 0.2) is 0 Å². The maximum Gasteiger partial charge on any atom is 0.123 e. The molecule has 0 aliphatic rings. The first-order chi connectivity index (χ1) is 11.1. The molecule has 0 atom stereocenters. The third-order valence-electron chi connectivity index (χ3n) is 4.26. The van der Waals surface area contributed by atoms with Crippen molar-refractivity contribution in [2.45, 2.75) is 13.8 Å². The van der Waals surface area contributed by atoms with E-state index in [2.05, 4.69) is 31.2 Å². The van der Waals surface area contributed by atoms with Gasteiger partial charge in [0.25, 0.3) is 0 Å². The second kappa shape index (κ2) is 6.57. The van der Waals surface area contributed by atoms with E-state index in [9.17, 15) is 4.39 Å². The molecule has 0 saturated heterocycles. The Hall–Kier alpha value is -1.86. The molecule has 0 bridgehead atoms. The molecule has 0 aliphatic heterocycles. The minimum Gasteiger partial charge on any atom is -0.496 e. The summed E-state index contributed by atoms with van der Waals surface area (Å²) in [6.45, 7) is 4.03. The molecule has 1 nitrogen and oxygen atoms in total. The fourth-order valence-electron chi connectivity index (χ4n) is 3.12. The van der Waals surface area contributed by atoms with Crippen LogP contribution in [0.25, 0.3) is 33.2 Å². The van der Waals surface area contributed by atoms with Crippen LogP contribution >= 0.6 is 0 Å². The SMILES string of the molecule is Cc1ccc(-c2cc3c(-c4ccc(F)cc4)c(C)ccc3[cH-]2)o1.[Zr]. The van der Waals surface area contributed by atoms with Gasteiger partial charge in [0.1, 0.15) is 5.82 Å². The van der Waals surface area contributed by atoms with Crippen LogP contribution in [0.4, 0.5) is 4.39 Å². The minimum atomic E-state index is -0.215. The molecule has 0 N–H and O–H groups in total. The van der Waals surface area contributed by atoms with Gasteiger partial charge in [-0.05, 0) is 49.2 Å². The Bertz CT molecular complexity index is 993. The Kier molecular flexibility index (Phi) is 4.65. The summed E-state index contributed by atoms with van der Waals surface area (Å²) in [5.74, 6) is 1.56. The summed E-state index contributed by atoms with van der Waals surface area (Å²) in [5.41, 5.74) is 4.43. The number of benzene rings is 2. The van der Waals surface area contributed by atoms with Crippen molar-refractivity contribution in [3.05, 3.63) is 77.8 Å². The first kappa shape index (κ1) is 17.0. The molecule has 0 amide bonds. The van der Waals surface area contributed by atoms with Crippen LogP contribution in [-0.4, -0.2) is 0 Å². The van der Waals surface area contributed by atoms with Gasteiger partial charge in [-0.1, -0.05) is 29.3 Å². The number of rotatable bonds is 2. The van der Waals surface area contributed by atoms with Gasteiger partial charge in [-0.25, -0.2) is 4.39 Å². The Labute approximate surface area is 159 Å². The van der Waals surface area contributed by atoms with Gasteiger partial charge in [-0.2, -0.15) is 0 Å². The molecule has 0 fully saturated rings. The maximum absolute atomic E-state index is 13.2. The van der Waals surface area contributed by atoms with E-state index in [1.54, 1.807) is 0 Å². The topological polar surface area (TPSA) is 13.1 Å². The first-order valence-electron chi connectivity index (χ1n) is 7.64. The Morgan fingerprint density at radius 1 is 0.917 bits per heavy atom. The number of furan rings is 1. The molecule has 0 radical (unpaired) electrons. The molecular formula is C21H16FOZr-. The summed E-state index contributed by atoms with van der Waals surface area (Å²) in [5, 5.41) is 2.33. The van der Waals surface area contributed by atoms with Crippen LogP contribution in [0.2, 0.25) is 0 Å². The summed E-state index contributed by atoms with van der Waals surface area (Å²) in [7, 11) is 0. The molecule has 3 heteroatoms. The summed E-state index contributed by atoms with van der Waals surface area (Å²) in [4.78, 5) is 0. The van der Waals surface area contributed by atoms with E-state index < -0.39 is 0 Å². The predicted molar refractivity (Wildman–Crippen MR) is 92.1 cm³/mol. The van der Waals surface area contributed by atoms with Crippen molar-refractivity contribution in [1.29, 1.82) is 0 Å². The van der Waals surface area contributed by atoms with Crippen LogP contribution in [0, 0.1) is 19.7 Å². The van der Waals surface area contributed by atoms with Gasteiger partial charge in [0.2, 0.25) is 0 Å². The van der Waals surface area contributed by atoms with Crippen LogP contribution < -0.4 is 0 Å². The zero-order chi connectivity index (χ0) is 16.0. The summed E-state index contributed by atoms with van der Waals surface area (Å²) in [6.07, 6.45) is 0. The second-order valence-electron chi connectivity index (χ2n) is 5.92. The Balaban J connectivity index is 0.00000169. The molecular weight excluding hydrogens is 378 g/mol. The quantitative estimate of drug-likeness (QED) is 0.367. The largest absolute Gasteiger partial charge is 0.496 e. The van der Waals surface area contributed by atoms with Crippen LogP contribution in [0.5, 0.6) is 0 Å². The zero-order valence-electron chi connectivity index (χ0n) is 13.6. The molecule has 24 heavy (non-hydrogen) atoms. The molecule has 0 aliphatic carbocycles. The van der Waals surface area contributed by atoms with Crippen LogP contribution in [0.15, 0.2) is 65.1 Å². The van der Waals surface area contributed by atoms with E-state index in [1.807, 2.05) is 31.2 Å². The minimum absolute atomic E-state index is 0. The molecule has 3 aromatic carbocycles. The Morgan fingerprint density at radius 2 is 1.67 bits per heavy atom. The van der Waals surface area contributed by atoms with Crippen molar-refractivity contribution in [3.8, 4) is 22.5 Å². The number of aryl methyl sites for hydroxylation is 2. The van der Waals surface area contributed by atoms with Crippen molar-refractivity contribution in [2.24, 2.45) is 0 Å². The number of hydrogen-bond acceptors (Lipinski definition) is 1. The van der Waals surface area contributed by atoms with Crippen LogP contribution in [0.1, 0.15) is 11.3 Å². The fourth-order valence-corrected chi connectivity index (χ4v) is 3.12. The summed E-state index contributed by atoms with van der Waals surface area (Å²) in [6, 6.07) is 19.2. The van der Waals surface area contributed by atoms with E-state index in [0.29, 0.717) is 0 Å². The van der Waals surface area contributed by atoms with Gasteiger partial charge in [-0.15, -0.1) is 29.0 Å². The molecule has 4 aromatic rings. The molecule has 0 unspecified atom stereocenters. The van der Waals surface area contributed by atoms with Gasteiger partial charge < -0.3 is 4.42 Å². The van der Waals surface area contributed by atoms with Crippen molar-refractivity contribution in [3.63, 3.8) is 0 Å². The van der Waals surface area contributed by atoms with Crippen molar-refractivity contribution in [2.75, 3.05) is 0 Å². The van der Waals surface area contributed by atoms with E-state index >= 15 is 0 Å². The number of fused-ring (bicyclic) bond motifs is 1. The number of halogens is 1. The molecule has 4 rings (SSSR count). The van der Waals surface area contributed by atoms with Crippen molar-refractivity contribution in [1.82, 2.24) is 0 Å². The molecule has 1 aromatic heterocycles. The predicted octanol–water partition coefficient (Wildman–Crippen LogP) is 6.24. The van der Waals surface area contributed by atoms with Crippen LogP contribution in [0.3, 0.4) is 0 Å². The molecule has 0 spiro atoms. The van der Waals surface area contributed by atoms with E-state index in [1.165, 1.54) is 28.5 Å². The Morgan fingerprint density at radius 3 is 2.33 bits per heavy atom. The maximum atomic E-state index is 13.2. The average Bonchev–Trinajstić information content (AvgIpc) is 3.14. The van der Waals surface area contributed by atoms with Gasteiger partial charge in [0.05, 0.1) is 11.5 Å². The zero-order valence-corrected chi connectivity index (χ0v) is 16.0. The number of hydrogen-bond donors (Lipinski definition) is 0. The third-order valence-corrected chi connectivity index (χ3v) is 4.26. The smallest absolute Gasteiger partial charge is 0.123 e. The molecule has 118 valence electrons. The standard InChI is InChI=1S/C21H16FO.Zr/c1-13-3-5-16-11-17(20-10-4-14(2)23-20)12-19(16)21(13)15-6-8-18(22)9-7-15;/h3-12H,1-2H3;/q-1;. The monoisotopic (exact) mass is 393 g/mol. The normalized spacial score (nSPS) is 10.8. The van der Waals surface area contributed by atoms with E-state index in [4.69, 9.17) is 4.42 Å². The first-order valence-corrected chi connectivity index (χ1v) is 7.64. The van der Waals surface area contributed by atoms with E-state index in [-0.39, 0.29) is 32.0 Å². The fraction of sp³-hybridized carbons (Fsp3) is 0.0952. The van der Waals surface area contributed by atoms with Gasteiger partial charge >= 0.3 is 0 Å². The summed E-state index contributed by atoms with van der Waals surface area (Å²) >= 11 is 0.